The van der Waals surface area contributed by atoms with E-state index >= 15 is 0 Å². The van der Waals surface area contributed by atoms with Crippen molar-refractivity contribution in [1.82, 2.24) is 14.9 Å². The molecule has 1 aliphatic carbocycles. The molecule has 120 valence electrons. The lowest BCUT2D eigenvalue weighted by atomic mass is 9.96. The monoisotopic (exact) mass is 306 g/mol. The Labute approximate surface area is 128 Å². The van der Waals surface area contributed by atoms with Gasteiger partial charge in [-0.05, 0) is 19.8 Å². The molecule has 1 saturated carbocycles. The van der Waals surface area contributed by atoms with E-state index < -0.39 is 5.54 Å². The minimum atomic E-state index is -0.723. The van der Waals surface area contributed by atoms with Crippen LogP contribution in [0.2, 0.25) is 0 Å². The summed E-state index contributed by atoms with van der Waals surface area (Å²) in [5.41, 5.74) is 5.90. The molecule has 1 atom stereocenters. The summed E-state index contributed by atoms with van der Waals surface area (Å²) < 4.78 is 5.70. The van der Waals surface area contributed by atoms with Crippen LogP contribution in [0.4, 0.5) is 0 Å². The molecule has 0 unspecified atom stereocenters. The van der Waals surface area contributed by atoms with Gasteiger partial charge in [-0.25, -0.2) is 4.98 Å². The van der Waals surface area contributed by atoms with Crippen molar-refractivity contribution in [1.29, 1.82) is 0 Å². The Hall–Kier alpha value is -1.73. The molecule has 3 rings (SSSR count). The Morgan fingerprint density at radius 2 is 2.23 bits per heavy atom. The Kier molecular flexibility index (Phi) is 4.01. The van der Waals surface area contributed by atoms with Gasteiger partial charge in [0.2, 0.25) is 5.91 Å². The maximum atomic E-state index is 12.7. The lowest BCUT2D eigenvalue weighted by Crippen LogP contribution is -2.56. The van der Waals surface area contributed by atoms with E-state index in [2.05, 4.69) is 9.97 Å². The van der Waals surface area contributed by atoms with Gasteiger partial charge in [0.25, 0.3) is 5.56 Å². The summed E-state index contributed by atoms with van der Waals surface area (Å²) in [5, 5.41) is 0. The molecule has 1 amide bonds. The summed E-state index contributed by atoms with van der Waals surface area (Å²) in [5.74, 6) is 0.542. The summed E-state index contributed by atoms with van der Waals surface area (Å²) >= 11 is 0. The number of aromatic nitrogens is 2. The minimum Gasteiger partial charge on any atom is -0.368 e. The van der Waals surface area contributed by atoms with Gasteiger partial charge >= 0.3 is 0 Å². The summed E-state index contributed by atoms with van der Waals surface area (Å²) in [6.07, 6.45) is 3.13. The number of carbonyl (C=O) groups excluding carboxylic acids is 1. The number of ether oxygens (including phenoxy) is 1. The lowest BCUT2D eigenvalue weighted by molar-refractivity contribution is -0.144. The number of amides is 1. The van der Waals surface area contributed by atoms with Crippen molar-refractivity contribution in [2.75, 3.05) is 19.7 Å². The van der Waals surface area contributed by atoms with Crippen LogP contribution in [0.5, 0.6) is 0 Å². The molecule has 0 spiro atoms. The number of morpholine rings is 1. The predicted molar refractivity (Wildman–Crippen MR) is 80.3 cm³/mol. The van der Waals surface area contributed by atoms with E-state index in [0.717, 1.165) is 25.7 Å². The molecule has 22 heavy (non-hydrogen) atoms. The number of nitrogens with one attached hydrogen (secondary N) is 1. The molecule has 7 nitrogen and oxygen atoms in total. The van der Waals surface area contributed by atoms with Crippen molar-refractivity contribution in [3.63, 3.8) is 0 Å². The Morgan fingerprint density at radius 3 is 2.91 bits per heavy atom. The number of rotatable bonds is 2. The van der Waals surface area contributed by atoms with Gasteiger partial charge in [0, 0.05) is 12.6 Å². The van der Waals surface area contributed by atoms with Crippen LogP contribution in [0.1, 0.15) is 43.3 Å². The fourth-order valence-corrected chi connectivity index (χ4v) is 3.31. The van der Waals surface area contributed by atoms with Crippen LogP contribution in [-0.4, -0.2) is 46.0 Å². The number of carbonyl (C=O) groups is 1. The highest BCUT2D eigenvalue weighted by Crippen LogP contribution is 2.30. The highest BCUT2D eigenvalue weighted by Gasteiger charge is 2.41. The molecule has 2 fully saturated rings. The van der Waals surface area contributed by atoms with E-state index in [-0.39, 0.29) is 17.6 Å². The number of nitrogens with zero attached hydrogens (tertiary/aromatic N) is 2. The van der Waals surface area contributed by atoms with Crippen molar-refractivity contribution in [3.05, 3.63) is 27.9 Å². The summed E-state index contributed by atoms with van der Waals surface area (Å²) in [6, 6.07) is 1.43. The first-order chi connectivity index (χ1) is 10.5. The van der Waals surface area contributed by atoms with E-state index in [9.17, 15) is 9.59 Å². The van der Waals surface area contributed by atoms with Crippen molar-refractivity contribution in [2.24, 2.45) is 5.73 Å². The van der Waals surface area contributed by atoms with Gasteiger partial charge in [-0.1, -0.05) is 12.8 Å². The Balaban J connectivity index is 1.76. The molecule has 1 saturated heterocycles. The predicted octanol–water partition coefficient (Wildman–Crippen LogP) is 0.250. The molecule has 1 aliphatic heterocycles. The largest absolute Gasteiger partial charge is 0.368 e. The smallest absolute Gasteiger partial charge is 0.251 e. The molecular weight excluding hydrogens is 284 g/mol. The highest BCUT2D eigenvalue weighted by molar-refractivity contribution is 5.86. The van der Waals surface area contributed by atoms with E-state index in [1.165, 1.54) is 6.07 Å². The SMILES string of the molecule is Cc1nc([C@H]2CN(C(=O)C3(N)CCCC3)CCO2)cc(=O)[nH]1. The van der Waals surface area contributed by atoms with Crippen molar-refractivity contribution >= 4 is 5.91 Å². The second kappa shape index (κ2) is 5.81. The number of hydrogen-bond donors (Lipinski definition) is 2. The zero-order valence-corrected chi connectivity index (χ0v) is 12.8. The highest BCUT2D eigenvalue weighted by atomic mass is 16.5. The number of H-pyrrole nitrogens is 1. The molecule has 2 aliphatic rings. The summed E-state index contributed by atoms with van der Waals surface area (Å²) in [4.78, 5) is 33.0. The third-order valence-corrected chi connectivity index (χ3v) is 4.49. The number of aromatic amines is 1. The average molecular weight is 306 g/mol. The van der Waals surface area contributed by atoms with Gasteiger partial charge < -0.3 is 20.4 Å². The zero-order valence-electron chi connectivity index (χ0n) is 12.8. The van der Waals surface area contributed by atoms with E-state index in [4.69, 9.17) is 10.5 Å². The third kappa shape index (κ3) is 2.91. The quantitative estimate of drug-likeness (QED) is 0.815. The molecule has 1 aromatic rings. The molecule has 0 aromatic carbocycles. The zero-order chi connectivity index (χ0) is 15.7. The number of hydrogen-bond acceptors (Lipinski definition) is 5. The Morgan fingerprint density at radius 1 is 1.50 bits per heavy atom. The molecule has 7 heteroatoms. The standard InChI is InChI=1S/C15H22N4O3/c1-10-17-11(8-13(20)18-10)12-9-19(6-7-22-12)14(21)15(16)4-2-3-5-15/h8,12H,2-7,9,16H2,1H3,(H,17,18,20)/t12-/m1/s1. The molecule has 0 bridgehead atoms. The maximum Gasteiger partial charge on any atom is 0.251 e. The first kappa shape index (κ1) is 15.2. The fourth-order valence-electron chi connectivity index (χ4n) is 3.31. The third-order valence-electron chi connectivity index (χ3n) is 4.49. The minimum absolute atomic E-state index is 0.000127. The van der Waals surface area contributed by atoms with Gasteiger partial charge in [-0.3, -0.25) is 9.59 Å². The molecule has 0 radical (unpaired) electrons. The molecule has 1 aromatic heterocycles. The topological polar surface area (TPSA) is 101 Å². The van der Waals surface area contributed by atoms with E-state index in [1.807, 2.05) is 0 Å². The van der Waals surface area contributed by atoms with Gasteiger partial charge in [0.15, 0.2) is 0 Å². The summed E-state index contributed by atoms with van der Waals surface area (Å²) in [6.45, 7) is 3.09. The van der Waals surface area contributed by atoms with Crippen molar-refractivity contribution in [2.45, 2.75) is 44.2 Å². The fraction of sp³-hybridized carbons (Fsp3) is 0.667. The maximum absolute atomic E-state index is 12.7. The van der Waals surface area contributed by atoms with Crippen molar-refractivity contribution in [3.8, 4) is 0 Å². The van der Waals surface area contributed by atoms with Gasteiger partial charge in [0.05, 0.1) is 24.4 Å². The first-order valence-electron chi connectivity index (χ1n) is 7.76. The van der Waals surface area contributed by atoms with Crippen LogP contribution in [0, 0.1) is 6.92 Å². The van der Waals surface area contributed by atoms with E-state index in [1.54, 1.807) is 11.8 Å². The van der Waals surface area contributed by atoms with Gasteiger partial charge in [0.1, 0.15) is 11.9 Å². The average Bonchev–Trinajstić information content (AvgIpc) is 2.94. The van der Waals surface area contributed by atoms with Crippen molar-refractivity contribution < 1.29 is 9.53 Å². The van der Waals surface area contributed by atoms with Crippen LogP contribution >= 0.6 is 0 Å². The molecular formula is C15H22N4O3. The van der Waals surface area contributed by atoms with Crippen LogP contribution < -0.4 is 11.3 Å². The summed E-state index contributed by atoms with van der Waals surface area (Å²) in [7, 11) is 0. The number of aryl methyl sites for hydroxylation is 1. The second-order valence-electron chi connectivity index (χ2n) is 6.23. The molecule has 3 N–H and O–H groups in total. The lowest BCUT2D eigenvalue weighted by Gasteiger charge is -2.37. The molecule has 2 heterocycles. The normalized spacial score (nSPS) is 24.5. The van der Waals surface area contributed by atoms with Gasteiger partial charge in [-0.15, -0.1) is 0 Å². The van der Waals surface area contributed by atoms with Gasteiger partial charge in [-0.2, -0.15) is 0 Å². The van der Waals surface area contributed by atoms with E-state index in [0.29, 0.717) is 31.2 Å². The second-order valence-corrected chi connectivity index (χ2v) is 6.23. The number of nitrogens with two attached hydrogens (primary N) is 1. The van der Waals surface area contributed by atoms with Crippen LogP contribution in [0.15, 0.2) is 10.9 Å². The Bertz CT molecular complexity index is 621. The first-order valence-corrected chi connectivity index (χ1v) is 7.76. The van der Waals surface area contributed by atoms with Crippen LogP contribution in [0.3, 0.4) is 0 Å². The van der Waals surface area contributed by atoms with Crippen LogP contribution in [-0.2, 0) is 9.53 Å². The van der Waals surface area contributed by atoms with Crippen LogP contribution in [0.25, 0.3) is 0 Å².